The van der Waals surface area contributed by atoms with Crippen molar-refractivity contribution >= 4 is 5.96 Å². The smallest absolute Gasteiger partial charge is 0.190 e. The highest BCUT2D eigenvalue weighted by molar-refractivity contribution is 5.79. The van der Waals surface area contributed by atoms with Gasteiger partial charge in [-0.15, -0.1) is 0 Å². The fraction of sp³-hybridized carbons (Fsp3) is 0.938. The fourth-order valence-corrected chi connectivity index (χ4v) is 2.58. The molecule has 0 aromatic carbocycles. The molecule has 130 valence electrons. The van der Waals surface area contributed by atoms with E-state index in [4.69, 9.17) is 4.74 Å². The molecule has 1 rings (SSSR count). The van der Waals surface area contributed by atoms with E-state index in [0.717, 1.165) is 45.1 Å². The average Bonchev–Trinajstić information content (AvgIpc) is 2.73. The number of guanidine groups is 1. The van der Waals surface area contributed by atoms with Crippen LogP contribution in [0.25, 0.3) is 0 Å². The topological polar surface area (TPSA) is 52.1 Å². The first-order chi connectivity index (χ1) is 10.8. The van der Waals surface area contributed by atoms with Gasteiger partial charge in [-0.25, -0.2) is 0 Å². The predicted molar refractivity (Wildman–Crippen MR) is 93.6 cm³/mol. The SMILES string of the molecule is CCOCCCNC(=NC)NCCCN1CCCN(C)CC1. The zero-order chi connectivity index (χ0) is 16.0. The van der Waals surface area contributed by atoms with Crippen LogP contribution in [0, 0.1) is 0 Å². The molecule has 0 atom stereocenters. The second-order valence-electron chi connectivity index (χ2n) is 5.83. The van der Waals surface area contributed by atoms with E-state index in [2.05, 4.69) is 32.5 Å². The van der Waals surface area contributed by atoms with Gasteiger partial charge in [0.1, 0.15) is 0 Å². The van der Waals surface area contributed by atoms with E-state index in [1.807, 2.05) is 14.0 Å². The molecule has 1 aliphatic rings. The van der Waals surface area contributed by atoms with Crippen molar-refractivity contribution in [3.63, 3.8) is 0 Å². The quantitative estimate of drug-likeness (QED) is 0.371. The second-order valence-corrected chi connectivity index (χ2v) is 5.83. The van der Waals surface area contributed by atoms with E-state index in [1.165, 1.54) is 39.1 Å². The summed E-state index contributed by atoms with van der Waals surface area (Å²) >= 11 is 0. The maximum Gasteiger partial charge on any atom is 0.190 e. The van der Waals surface area contributed by atoms with Crippen molar-refractivity contribution in [3.8, 4) is 0 Å². The van der Waals surface area contributed by atoms with Crippen LogP contribution in [0.5, 0.6) is 0 Å². The number of ether oxygens (including phenoxy) is 1. The van der Waals surface area contributed by atoms with Gasteiger partial charge in [-0.2, -0.15) is 0 Å². The van der Waals surface area contributed by atoms with Crippen molar-refractivity contribution in [2.24, 2.45) is 4.99 Å². The van der Waals surface area contributed by atoms with E-state index in [9.17, 15) is 0 Å². The summed E-state index contributed by atoms with van der Waals surface area (Å²) in [5, 5.41) is 6.71. The molecule has 0 spiro atoms. The lowest BCUT2D eigenvalue weighted by atomic mass is 10.3. The van der Waals surface area contributed by atoms with Crippen molar-refractivity contribution in [2.75, 3.05) is 73.1 Å². The third-order valence-electron chi connectivity index (χ3n) is 3.94. The Morgan fingerprint density at radius 2 is 1.86 bits per heavy atom. The molecule has 1 saturated heterocycles. The van der Waals surface area contributed by atoms with Gasteiger partial charge in [0.15, 0.2) is 5.96 Å². The van der Waals surface area contributed by atoms with Crippen molar-refractivity contribution in [1.29, 1.82) is 0 Å². The van der Waals surface area contributed by atoms with E-state index in [0.29, 0.717) is 0 Å². The molecule has 0 unspecified atom stereocenters. The summed E-state index contributed by atoms with van der Waals surface area (Å²) in [4.78, 5) is 9.24. The molecule has 1 fully saturated rings. The molecule has 0 aromatic heterocycles. The zero-order valence-electron chi connectivity index (χ0n) is 14.7. The lowest BCUT2D eigenvalue weighted by Gasteiger charge is -2.20. The minimum Gasteiger partial charge on any atom is -0.382 e. The van der Waals surface area contributed by atoms with Crippen LogP contribution in [0.1, 0.15) is 26.2 Å². The molecule has 0 bridgehead atoms. The van der Waals surface area contributed by atoms with E-state index in [-0.39, 0.29) is 0 Å². The molecule has 0 radical (unpaired) electrons. The lowest BCUT2D eigenvalue weighted by molar-refractivity contribution is 0.145. The van der Waals surface area contributed by atoms with Gasteiger partial charge in [0, 0.05) is 46.4 Å². The lowest BCUT2D eigenvalue weighted by Crippen LogP contribution is -2.39. The van der Waals surface area contributed by atoms with Crippen molar-refractivity contribution in [3.05, 3.63) is 0 Å². The van der Waals surface area contributed by atoms with Crippen LogP contribution in [0.15, 0.2) is 4.99 Å². The second kappa shape index (κ2) is 12.7. The third kappa shape index (κ3) is 9.23. The molecule has 0 aromatic rings. The standard InChI is InChI=1S/C16H35N5O/c1-4-22-15-6-9-19-16(17-2)18-8-5-11-21-12-7-10-20(3)13-14-21/h4-15H2,1-3H3,(H2,17,18,19). The highest BCUT2D eigenvalue weighted by atomic mass is 16.5. The number of rotatable bonds is 9. The Balaban J connectivity index is 2.04. The Morgan fingerprint density at radius 1 is 1.09 bits per heavy atom. The van der Waals surface area contributed by atoms with Crippen LogP contribution in [0.3, 0.4) is 0 Å². The Labute approximate surface area is 136 Å². The van der Waals surface area contributed by atoms with Crippen LogP contribution in [-0.4, -0.2) is 88.9 Å². The Kier molecular flexibility index (Phi) is 11.1. The molecular formula is C16H35N5O. The average molecular weight is 313 g/mol. The highest BCUT2D eigenvalue weighted by Crippen LogP contribution is 2.01. The Hall–Kier alpha value is -0.850. The summed E-state index contributed by atoms with van der Waals surface area (Å²) in [5.74, 6) is 0.895. The van der Waals surface area contributed by atoms with Gasteiger partial charge >= 0.3 is 0 Å². The summed E-state index contributed by atoms with van der Waals surface area (Å²) in [7, 11) is 4.04. The molecule has 22 heavy (non-hydrogen) atoms. The number of likely N-dealkylation sites (N-methyl/N-ethyl adjacent to an activating group) is 1. The molecule has 0 aliphatic carbocycles. The number of nitrogens with zero attached hydrogens (tertiary/aromatic N) is 3. The van der Waals surface area contributed by atoms with E-state index < -0.39 is 0 Å². The molecule has 0 amide bonds. The molecule has 2 N–H and O–H groups in total. The van der Waals surface area contributed by atoms with Gasteiger partial charge in [0.05, 0.1) is 0 Å². The van der Waals surface area contributed by atoms with Crippen LogP contribution in [0.2, 0.25) is 0 Å². The summed E-state index contributed by atoms with van der Waals surface area (Å²) < 4.78 is 5.32. The first-order valence-electron chi connectivity index (χ1n) is 8.69. The molecule has 1 heterocycles. The van der Waals surface area contributed by atoms with Gasteiger partial charge in [-0.3, -0.25) is 4.99 Å². The van der Waals surface area contributed by atoms with Crippen molar-refractivity contribution < 1.29 is 4.74 Å². The van der Waals surface area contributed by atoms with Crippen molar-refractivity contribution in [1.82, 2.24) is 20.4 Å². The van der Waals surface area contributed by atoms with E-state index in [1.54, 1.807) is 0 Å². The van der Waals surface area contributed by atoms with Crippen LogP contribution >= 0.6 is 0 Å². The molecular weight excluding hydrogens is 278 g/mol. The van der Waals surface area contributed by atoms with Crippen LogP contribution in [0.4, 0.5) is 0 Å². The number of hydrogen-bond donors (Lipinski definition) is 2. The van der Waals surface area contributed by atoms with Gasteiger partial charge in [-0.05, 0) is 52.9 Å². The van der Waals surface area contributed by atoms with Gasteiger partial charge < -0.3 is 25.2 Å². The molecule has 6 nitrogen and oxygen atoms in total. The number of nitrogens with one attached hydrogen (secondary N) is 2. The van der Waals surface area contributed by atoms with Crippen molar-refractivity contribution in [2.45, 2.75) is 26.2 Å². The van der Waals surface area contributed by atoms with Gasteiger partial charge in [-0.1, -0.05) is 0 Å². The largest absolute Gasteiger partial charge is 0.382 e. The predicted octanol–water partition coefficient (Wildman–Crippen LogP) is 0.606. The fourth-order valence-electron chi connectivity index (χ4n) is 2.58. The Morgan fingerprint density at radius 3 is 2.59 bits per heavy atom. The summed E-state index contributed by atoms with van der Waals surface area (Å²) in [6.45, 7) is 11.5. The molecule has 6 heteroatoms. The Bertz CT molecular complexity index is 298. The van der Waals surface area contributed by atoms with Crippen LogP contribution in [-0.2, 0) is 4.74 Å². The van der Waals surface area contributed by atoms with Gasteiger partial charge in [0.2, 0.25) is 0 Å². The first kappa shape index (κ1) is 19.2. The van der Waals surface area contributed by atoms with Gasteiger partial charge in [0.25, 0.3) is 0 Å². The maximum atomic E-state index is 5.32. The molecule has 0 saturated carbocycles. The summed E-state index contributed by atoms with van der Waals surface area (Å²) in [5.41, 5.74) is 0. The maximum absolute atomic E-state index is 5.32. The highest BCUT2D eigenvalue weighted by Gasteiger charge is 2.11. The minimum absolute atomic E-state index is 0.791. The molecule has 1 aliphatic heterocycles. The minimum atomic E-state index is 0.791. The first-order valence-corrected chi connectivity index (χ1v) is 8.69. The number of aliphatic imine (C=N–C) groups is 1. The van der Waals surface area contributed by atoms with E-state index >= 15 is 0 Å². The zero-order valence-corrected chi connectivity index (χ0v) is 14.7. The normalized spacial score (nSPS) is 18.2. The summed E-state index contributed by atoms with van der Waals surface area (Å²) in [6, 6.07) is 0. The monoisotopic (exact) mass is 313 g/mol. The third-order valence-corrected chi connectivity index (χ3v) is 3.94. The summed E-state index contributed by atoms with van der Waals surface area (Å²) in [6.07, 6.45) is 3.45. The van der Waals surface area contributed by atoms with Crippen LogP contribution < -0.4 is 10.6 Å². The number of hydrogen-bond acceptors (Lipinski definition) is 4.